The number of fused-ring (bicyclic) bond motifs is 1. The monoisotopic (exact) mass is 440 g/mol. The van der Waals surface area contributed by atoms with Crippen LogP contribution in [0.4, 0.5) is 4.79 Å². The van der Waals surface area contributed by atoms with Crippen LogP contribution in [0.5, 0.6) is 5.75 Å². The largest absolute Gasteiger partial charge is 0.485 e. The third-order valence-corrected chi connectivity index (χ3v) is 5.41. The number of aryl methyl sites for hydroxylation is 2. The van der Waals surface area contributed by atoms with E-state index in [1.165, 1.54) is 21.8 Å². The molecule has 3 heterocycles. The Bertz CT molecular complexity index is 1150. The predicted octanol–water partition coefficient (Wildman–Crippen LogP) is 3.15. The molecule has 1 aliphatic heterocycles. The van der Waals surface area contributed by atoms with Crippen molar-refractivity contribution < 1.29 is 14.6 Å². The fourth-order valence-electron chi connectivity index (χ4n) is 3.47. The maximum absolute atomic E-state index is 12.4. The second-order valence-corrected chi connectivity index (χ2v) is 7.75. The number of halogens is 1. The molecule has 0 saturated heterocycles. The highest BCUT2D eigenvalue weighted by atomic mass is 35.5. The summed E-state index contributed by atoms with van der Waals surface area (Å²) < 4.78 is 6.99. The minimum atomic E-state index is -0.892. The first kappa shape index (κ1) is 20.9. The van der Waals surface area contributed by atoms with Gasteiger partial charge in [0.15, 0.2) is 0 Å². The molecule has 31 heavy (non-hydrogen) atoms. The third kappa shape index (κ3) is 5.21. The number of hydrogen-bond donors (Lipinski definition) is 1. The average molecular weight is 441 g/mol. The summed E-state index contributed by atoms with van der Waals surface area (Å²) in [5, 5.41) is 13.9. The first-order valence-corrected chi connectivity index (χ1v) is 10.2. The zero-order valence-electron chi connectivity index (χ0n) is 16.7. The lowest BCUT2D eigenvalue weighted by Crippen LogP contribution is -2.34. The Hall–Kier alpha value is -3.39. The average Bonchev–Trinajstić information content (AvgIpc) is 2.77. The van der Waals surface area contributed by atoms with Gasteiger partial charge in [-0.2, -0.15) is 5.10 Å². The topological polar surface area (TPSA) is 97.6 Å². The van der Waals surface area contributed by atoms with Crippen LogP contribution in [-0.4, -0.2) is 37.4 Å². The maximum atomic E-state index is 12.4. The lowest BCUT2D eigenvalue weighted by atomic mass is 9.96. The van der Waals surface area contributed by atoms with E-state index >= 15 is 0 Å². The molecule has 4 rings (SSSR count). The van der Waals surface area contributed by atoms with Crippen LogP contribution < -0.4 is 10.3 Å². The van der Waals surface area contributed by atoms with Crippen LogP contribution in [0, 0.1) is 0 Å². The van der Waals surface area contributed by atoms with E-state index in [2.05, 4.69) is 16.1 Å². The number of nitrogens with zero attached hydrogens (tertiary/aromatic N) is 4. The van der Waals surface area contributed by atoms with E-state index in [-0.39, 0.29) is 12.2 Å². The van der Waals surface area contributed by atoms with E-state index in [9.17, 15) is 9.59 Å². The van der Waals surface area contributed by atoms with Crippen molar-refractivity contribution in [3.05, 3.63) is 86.6 Å². The van der Waals surface area contributed by atoms with Crippen LogP contribution >= 0.6 is 11.6 Å². The van der Waals surface area contributed by atoms with Crippen LogP contribution in [0.25, 0.3) is 0 Å². The van der Waals surface area contributed by atoms with Crippen LogP contribution in [0.15, 0.2) is 53.6 Å². The summed E-state index contributed by atoms with van der Waals surface area (Å²) in [5.41, 5.74) is 3.74. The SMILES string of the molecule is O=C(O)N1CCc2cc(CCn3ncc(OCc4ccc(Cl)cn4)cc3=O)ccc2C1. The highest BCUT2D eigenvalue weighted by molar-refractivity contribution is 6.30. The van der Waals surface area contributed by atoms with Crippen LogP contribution in [0.2, 0.25) is 5.02 Å². The molecular weight excluding hydrogens is 420 g/mol. The second kappa shape index (κ2) is 9.18. The zero-order valence-corrected chi connectivity index (χ0v) is 17.5. The third-order valence-electron chi connectivity index (χ3n) is 5.19. The molecule has 1 aromatic carbocycles. The lowest BCUT2D eigenvalue weighted by molar-refractivity contribution is 0.140. The van der Waals surface area contributed by atoms with Crippen molar-refractivity contribution in [3.8, 4) is 5.75 Å². The molecule has 0 fully saturated rings. The van der Waals surface area contributed by atoms with Gasteiger partial charge in [0, 0.05) is 31.9 Å². The number of aromatic nitrogens is 3. The highest BCUT2D eigenvalue weighted by Gasteiger charge is 2.19. The van der Waals surface area contributed by atoms with Crippen LogP contribution in [0.1, 0.15) is 22.4 Å². The first-order chi connectivity index (χ1) is 15.0. The highest BCUT2D eigenvalue weighted by Crippen LogP contribution is 2.21. The molecule has 8 nitrogen and oxygen atoms in total. The Morgan fingerprint density at radius 2 is 2.03 bits per heavy atom. The number of hydrogen-bond acceptors (Lipinski definition) is 5. The Morgan fingerprint density at radius 3 is 2.77 bits per heavy atom. The molecule has 0 spiro atoms. The Balaban J connectivity index is 1.35. The van der Waals surface area contributed by atoms with Crippen molar-refractivity contribution in [1.29, 1.82) is 0 Å². The first-order valence-electron chi connectivity index (χ1n) is 9.87. The van der Waals surface area contributed by atoms with Gasteiger partial charge in [-0.05, 0) is 41.7 Å². The number of ether oxygens (including phenoxy) is 1. The molecule has 0 radical (unpaired) electrons. The van der Waals surface area contributed by atoms with Gasteiger partial charge < -0.3 is 14.7 Å². The molecule has 2 aromatic heterocycles. The van der Waals surface area contributed by atoms with E-state index in [0.29, 0.717) is 48.9 Å². The number of benzene rings is 1. The van der Waals surface area contributed by atoms with E-state index in [0.717, 1.165) is 16.7 Å². The summed E-state index contributed by atoms with van der Waals surface area (Å²) in [6.07, 6.45) is 3.52. The Kier molecular flexibility index (Phi) is 6.18. The van der Waals surface area contributed by atoms with Gasteiger partial charge in [0.05, 0.1) is 16.9 Å². The van der Waals surface area contributed by atoms with Crippen molar-refractivity contribution in [3.63, 3.8) is 0 Å². The van der Waals surface area contributed by atoms with Gasteiger partial charge in [-0.1, -0.05) is 29.8 Å². The summed E-state index contributed by atoms with van der Waals surface area (Å²) in [5.74, 6) is 0.384. The second-order valence-electron chi connectivity index (χ2n) is 7.32. The summed E-state index contributed by atoms with van der Waals surface area (Å²) in [6, 6.07) is 10.9. The number of pyridine rings is 1. The molecule has 0 atom stereocenters. The van der Waals surface area contributed by atoms with Gasteiger partial charge in [-0.25, -0.2) is 9.48 Å². The molecule has 1 amide bonds. The fraction of sp³-hybridized carbons (Fsp3) is 0.273. The lowest BCUT2D eigenvalue weighted by Gasteiger charge is -2.26. The molecule has 3 aromatic rings. The number of rotatable bonds is 6. The van der Waals surface area contributed by atoms with Crippen LogP contribution in [0.3, 0.4) is 0 Å². The van der Waals surface area contributed by atoms with Crippen molar-refractivity contribution in [2.75, 3.05) is 6.54 Å². The minimum absolute atomic E-state index is 0.219. The molecular formula is C22H21ClN4O4. The van der Waals surface area contributed by atoms with E-state index in [1.54, 1.807) is 18.3 Å². The van der Waals surface area contributed by atoms with Gasteiger partial charge in [-0.15, -0.1) is 0 Å². The maximum Gasteiger partial charge on any atom is 0.407 e. The van der Waals surface area contributed by atoms with Gasteiger partial charge in [0.2, 0.25) is 0 Å². The molecule has 1 aliphatic rings. The Labute approximate surface area is 183 Å². The molecule has 0 unspecified atom stereocenters. The molecule has 160 valence electrons. The molecule has 0 saturated carbocycles. The molecule has 9 heteroatoms. The zero-order chi connectivity index (χ0) is 21.8. The van der Waals surface area contributed by atoms with Crippen molar-refractivity contribution >= 4 is 17.7 Å². The van der Waals surface area contributed by atoms with Gasteiger partial charge >= 0.3 is 6.09 Å². The minimum Gasteiger partial charge on any atom is -0.485 e. The Morgan fingerprint density at radius 1 is 1.16 bits per heavy atom. The van der Waals surface area contributed by atoms with Gasteiger partial charge in [0.1, 0.15) is 12.4 Å². The summed E-state index contributed by atoms with van der Waals surface area (Å²) in [7, 11) is 0. The number of amides is 1. The fourth-order valence-corrected chi connectivity index (χ4v) is 3.58. The van der Waals surface area contributed by atoms with Gasteiger partial charge in [-0.3, -0.25) is 9.78 Å². The van der Waals surface area contributed by atoms with E-state index in [1.807, 2.05) is 12.1 Å². The smallest absolute Gasteiger partial charge is 0.407 e. The molecule has 0 aliphatic carbocycles. The normalized spacial score (nSPS) is 13.0. The van der Waals surface area contributed by atoms with E-state index in [4.69, 9.17) is 21.4 Å². The quantitative estimate of drug-likeness (QED) is 0.632. The number of carbonyl (C=O) groups is 1. The summed E-state index contributed by atoms with van der Waals surface area (Å²) in [6.45, 7) is 1.58. The summed E-state index contributed by atoms with van der Waals surface area (Å²) >= 11 is 5.81. The summed E-state index contributed by atoms with van der Waals surface area (Å²) in [4.78, 5) is 29.1. The number of carboxylic acid groups (broad SMARTS) is 1. The van der Waals surface area contributed by atoms with Crippen molar-refractivity contribution in [1.82, 2.24) is 19.7 Å². The predicted molar refractivity (Wildman–Crippen MR) is 114 cm³/mol. The van der Waals surface area contributed by atoms with Crippen LogP contribution in [-0.2, 0) is 32.5 Å². The standard InChI is InChI=1S/C22H21ClN4O4/c23-18-3-4-19(24-11-18)14-31-20-10-21(28)27(25-12-20)8-5-15-1-2-17-13-26(22(29)30)7-6-16(17)9-15/h1-4,9-12H,5-8,13-14H2,(H,29,30). The molecule has 1 N–H and O–H groups in total. The van der Waals surface area contributed by atoms with Crippen molar-refractivity contribution in [2.45, 2.75) is 32.5 Å². The van der Waals surface area contributed by atoms with Gasteiger partial charge in [0.25, 0.3) is 5.56 Å². The molecule has 0 bridgehead atoms. The van der Waals surface area contributed by atoms with E-state index < -0.39 is 6.09 Å². The van der Waals surface area contributed by atoms with Crippen molar-refractivity contribution in [2.24, 2.45) is 0 Å².